The zero-order valence-electron chi connectivity index (χ0n) is 13.9. The van der Waals surface area contributed by atoms with Gasteiger partial charge < -0.3 is 9.73 Å². The minimum Gasteiger partial charge on any atom is -0.441 e. The number of aryl methyl sites for hydroxylation is 1. The molecule has 1 N–H and O–H groups in total. The average Bonchev–Trinajstić information content (AvgIpc) is 3.10. The van der Waals surface area contributed by atoms with Crippen molar-refractivity contribution in [1.82, 2.24) is 10.3 Å². The first-order valence-corrected chi connectivity index (χ1v) is 8.55. The molecule has 128 valence electrons. The van der Waals surface area contributed by atoms with E-state index in [0.29, 0.717) is 29.5 Å². The molecule has 1 aromatic heterocycles. The number of hydrogen-bond acceptors (Lipinski definition) is 3. The quantitative estimate of drug-likeness (QED) is 0.691. The Balaban J connectivity index is 1.55. The van der Waals surface area contributed by atoms with Crippen molar-refractivity contribution < 1.29 is 9.21 Å². The van der Waals surface area contributed by atoms with E-state index in [1.165, 1.54) is 0 Å². The highest BCUT2D eigenvalue weighted by Gasteiger charge is 2.13. The molecule has 5 heteroatoms. The summed E-state index contributed by atoms with van der Waals surface area (Å²) in [5, 5.41) is 3.60. The molecule has 0 radical (unpaired) electrons. The van der Waals surface area contributed by atoms with Crippen LogP contribution >= 0.6 is 11.6 Å². The highest BCUT2D eigenvalue weighted by atomic mass is 35.5. The summed E-state index contributed by atoms with van der Waals surface area (Å²) in [5.74, 6) is 1.10. The van der Waals surface area contributed by atoms with Crippen LogP contribution in [0.3, 0.4) is 0 Å². The fourth-order valence-corrected chi connectivity index (χ4v) is 2.80. The van der Waals surface area contributed by atoms with Crippen molar-refractivity contribution in [2.45, 2.75) is 25.8 Å². The molecule has 0 saturated carbocycles. The molecule has 3 aromatic rings. The minimum atomic E-state index is -0.0335. The lowest BCUT2D eigenvalue weighted by Gasteiger charge is -2.13. The second kappa shape index (κ2) is 7.99. The smallest absolute Gasteiger partial charge is 0.220 e. The fraction of sp³-hybridized carbons (Fsp3) is 0.200. The Labute approximate surface area is 151 Å². The van der Waals surface area contributed by atoms with Crippen molar-refractivity contribution in [2.24, 2.45) is 0 Å². The van der Waals surface area contributed by atoms with Gasteiger partial charge in [-0.05, 0) is 24.6 Å². The van der Waals surface area contributed by atoms with Gasteiger partial charge in [0, 0.05) is 18.4 Å². The summed E-state index contributed by atoms with van der Waals surface area (Å²) >= 11 is 6.16. The van der Waals surface area contributed by atoms with E-state index in [4.69, 9.17) is 16.0 Å². The molecule has 1 heterocycles. The van der Waals surface area contributed by atoms with Crippen LogP contribution in [0.25, 0.3) is 11.3 Å². The minimum absolute atomic E-state index is 0.0306. The van der Waals surface area contributed by atoms with Gasteiger partial charge in [-0.15, -0.1) is 0 Å². The first-order valence-electron chi connectivity index (χ1n) is 8.17. The Morgan fingerprint density at radius 2 is 1.88 bits per heavy atom. The van der Waals surface area contributed by atoms with Gasteiger partial charge in [0.05, 0.1) is 17.3 Å². The van der Waals surface area contributed by atoms with Crippen LogP contribution < -0.4 is 5.32 Å². The number of carbonyl (C=O) groups excluding carboxylic acids is 1. The SMILES string of the molecule is CC(NC(=O)CCc1ncc(-c2ccccc2Cl)o1)c1ccccc1. The van der Waals surface area contributed by atoms with E-state index in [1.807, 2.05) is 55.5 Å². The molecule has 0 spiro atoms. The van der Waals surface area contributed by atoms with E-state index in [0.717, 1.165) is 11.1 Å². The van der Waals surface area contributed by atoms with Gasteiger partial charge in [-0.2, -0.15) is 0 Å². The summed E-state index contributed by atoms with van der Waals surface area (Å²) in [6.07, 6.45) is 2.40. The monoisotopic (exact) mass is 354 g/mol. The highest BCUT2D eigenvalue weighted by Crippen LogP contribution is 2.28. The normalized spacial score (nSPS) is 11.9. The molecular formula is C20H19ClN2O2. The Morgan fingerprint density at radius 1 is 1.16 bits per heavy atom. The number of nitrogens with one attached hydrogen (secondary N) is 1. The number of halogens is 1. The Hall–Kier alpha value is -2.59. The van der Waals surface area contributed by atoms with Crippen molar-refractivity contribution in [2.75, 3.05) is 0 Å². The predicted molar refractivity (Wildman–Crippen MR) is 98.3 cm³/mol. The second-order valence-electron chi connectivity index (χ2n) is 5.80. The number of oxazole rings is 1. The standard InChI is InChI=1S/C20H19ClN2O2/c1-14(15-7-3-2-4-8-15)23-19(24)11-12-20-22-13-18(25-20)16-9-5-6-10-17(16)21/h2-10,13-14H,11-12H2,1H3,(H,23,24). The van der Waals surface area contributed by atoms with Crippen LogP contribution in [0.1, 0.15) is 30.8 Å². The van der Waals surface area contributed by atoms with Gasteiger partial charge in [0.25, 0.3) is 0 Å². The average molecular weight is 355 g/mol. The van der Waals surface area contributed by atoms with Crippen molar-refractivity contribution in [3.8, 4) is 11.3 Å². The molecule has 4 nitrogen and oxygen atoms in total. The van der Waals surface area contributed by atoms with Gasteiger partial charge in [-0.25, -0.2) is 4.98 Å². The lowest BCUT2D eigenvalue weighted by molar-refractivity contribution is -0.121. The predicted octanol–water partition coefficient (Wildman–Crippen LogP) is 4.81. The van der Waals surface area contributed by atoms with Gasteiger partial charge >= 0.3 is 0 Å². The summed E-state index contributed by atoms with van der Waals surface area (Å²) in [6, 6.07) is 17.3. The summed E-state index contributed by atoms with van der Waals surface area (Å²) in [5.41, 5.74) is 1.87. The number of hydrogen-bond donors (Lipinski definition) is 1. The topological polar surface area (TPSA) is 55.1 Å². The number of aromatic nitrogens is 1. The van der Waals surface area contributed by atoms with E-state index in [-0.39, 0.29) is 11.9 Å². The third kappa shape index (κ3) is 4.48. The number of nitrogens with zero attached hydrogens (tertiary/aromatic N) is 1. The molecule has 1 atom stereocenters. The van der Waals surface area contributed by atoms with E-state index < -0.39 is 0 Å². The van der Waals surface area contributed by atoms with E-state index in [9.17, 15) is 4.79 Å². The second-order valence-corrected chi connectivity index (χ2v) is 6.21. The molecule has 0 fully saturated rings. The lowest BCUT2D eigenvalue weighted by atomic mass is 10.1. The zero-order chi connectivity index (χ0) is 17.6. The maximum absolute atomic E-state index is 12.1. The molecule has 0 aliphatic heterocycles. The molecule has 0 bridgehead atoms. The van der Waals surface area contributed by atoms with Crippen LogP contribution in [0.4, 0.5) is 0 Å². The van der Waals surface area contributed by atoms with Gasteiger partial charge in [0.1, 0.15) is 0 Å². The molecule has 0 saturated heterocycles. The summed E-state index contributed by atoms with van der Waals surface area (Å²) in [4.78, 5) is 16.4. The van der Waals surface area contributed by atoms with Gasteiger partial charge in [0.2, 0.25) is 5.91 Å². The first kappa shape index (κ1) is 17.2. The third-order valence-electron chi connectivity index (χ3n) is 3.94. The zero-order valence-corrected chi connectivity index (χ0v) is 14.7. The van der Waals surface area contributed by atoms with Crippen LogP contribution in [0.5, 0.6) is 0 Å². The first-order chi connectivity index (χ1) is 12.1. The lowest BCUT2D eigenvalue weighted by Crippen LogP contribution is -2.26. The number of carbonyl (C=O) groups is 1. The van der Waals surface area contributed by atoms with Crippen molar-refractivity contribution in [3.63, 3.8) is 0 Å². The van der Waals surface area contributed by atoms with E-state index in [1.54, 1.807) is 12.3 Å². The maximum atomic E-state index is 12.1. The molecule has 0 aliphatic carbocycles. The van der Waals surface area contributed by atoms with E-state index >= 15 is 0 Å². The summed E-state index contributed by atoms with van der Waals surface area (Å²) in [7, 11) is 0. The number of benzene rings is 2. The molecule has 0 aliphatic rings. The Kier molecular flexibility index (Phi) is 5.51. The molecule has 3 rings (SSSR count). The third-order valence-corrected chi connectivity index (χ3v) is 4.27. The van der Waals surface area contributed by atoms with Crippen molar-refractivity contribution in [1.29, 1.82) is 0 Å². The van der Waals surface area contributed by atoms with Crippen molar-refractivity contribution in [3.05, 3.63) is 77.3 Å². The number of amides is 1. The molecular weight excluding hydrogens is 336 g/mol. The van der Waals surface area contributed by atoms with Crippen LogP contribution in [-0.4, -0.2) is 10.9 Å². The van der Waals surface area contributed by atoms with Crippen LogP contribution in [0, 0.1) is 0 Å². The highest BCUT2D eigenvalue weighted by molar-refractivity contribution is 6.33. The molecule has 1 amide bonds. The van der Waals surface area contributed by atoms with Crippen LogP contribution in [0.15, 0.2) is 65.2 Å². The Bertz CT molecular complexity index is 846. The van der Waals surface area contributed by atoms with E-state index in [2.05, 4.69) is 10.3 Å². The molecule has 2 aromatic carbocycles. The Morgan fingerprint density at radius 3 is 2.64 bits per heavy atom. The van der Waals surface area contributed by atoms with Crippen molar-refractivity contribution >= 4 is 17.5 Å². The van der Waals surface area contributed by atoms with Crippen LogP contribution in [-0.2, 0) is 11.2 Å². The van der Waals surface area contributed by atoms with Gasteiger partial charge in [-0.3, -0.25) is 4.79 Å². The van der Waals surface area contributed by atoms with Gasteiger partial charge in [-0.1, -0.05) is 54.1 Å². The largest absolute Gasteiger partial charge is 0.441 e. The summed E-state index contributed by atoms with van der Waals surface area (Å²) in [6.45, 7) is 1.97. The van der Waals surface area contributed by atoms with Gasteiger partial charge in [0.15, 0.2) is 11.7 Å². The summed E-state index contributed by atoms with van der Waals surface area (Å²) < 4.78 is 5.71. The maximum Gasteiger partial charge on any atom is 0.220 e. The molecule has 25 heavy (non-hydrogen) atoms. The van der Waals surface area contributed by atoms with Crippen LogP contribution in [0.2, 0.25) is 5.02 Å². The number of rotatable bonds is 6. The molecule has 1 unspecified atom stereocenters. The fourth-order valence-electron chi connectivity index (χ4n) is 2.57.